The number of azide groups is 1. The van der Waals surface area contributed by atoms with E-state index in [1.807, 2.05) is 32.0 Å². The number of Topliss-reactive ketones (excluding diaryl/α,β-unsaturated/α-hetero) is 1. The van der Waals surface area contributed by atoms with Gasteiger partial charge in [-0.1, -0.05) is 22.8 Å². The zero-order valence-corrected chi connectivity index (χ0v) is 8.19. The summed E-state index contributed by atoms with van der Waals surface area (Å²) in [7, 11) is 0. The summed E-state index contributed by atoms with van der Waals surface area (Å²) in [5.74, 6) is -0.135. The number of carbonyl (C=O) groups excluding carboxylic acids is 1. The van der Waals surface area contributed by atoms with Crippen molar-refractivity contribution in [2.75, 3.05) is 6.54 Å². The van der Waals surface area contributed by atoms with Crippen molar-refractivity contribution in [3.8, 4) is 0 Å². The molecule has 0 aliphatic heterocycles. The van der Waals surface area contributed by atoms with Crippen molar-refractivity contribution in [3.05, 3.63) is 45.3 Å². The maximum atomic E-state index is 11.5. The molecule has 0 amide bonds. The molecule has 1 aromatic carbocycles. The minimum absolute atomic E-state index is 0.110. The van der Waals surface area contributed by atoms with Gasteiger partial charge in [-0.05, 0) is 31.0 Å². The van der Waals surface area contributed by atoms with E-state index >= 15 is 0 Å². The average molecular weight is 189 g/mol. The third-order valence-corrected chi connectivity index (χ3v) is 1.97. The Morgan fingerprint density at radius 1 is 1.50 bits per heavy atom. The highest BCUT2D eigenvalue weighted by molar-refractivity contribution is 5.99. The van der Waals surface area contributed by atoms with Crippen molar-refractivity contribution in [2.45, 2.75) is 13.8 Å². The van der Waals surface area contributed by atoms with Crippen LogP contribution in [0, 0.1) is 13.8 Å². The molecule has 0 spiro atoms. The molecule has 0 radical (unpaired) electrons. The van der Waals surface area contributed by atoms with Crippen LogP contribution in [0.15, 0.2) is 23.3 Å². The molecule has 0 saturated heterocycles. The van der Waals surface area contributed by atoms with E-state index in [4.69, 9.17) is 5.53 Å². The second-order valence-electron chi connectivity index (χ2n) is 3.13. The first-order valence-electron chi connectivity index (χ1n) is 4.26. The van der Waals surface area contributed by atoms with Gasteiger partial charge in [0.15, 0.2) is 5.78 Å². The third-order valence-electron chi connectivity index (χ3n) is 1.97. The van der Waals surface area contributed by atoms with Gasteiger partial charge < -0.3 is 0 Å². The maximum absolute atomic E-state index is 11.5. The Kier molecular flexibility index (Phi) is 3.26. The predicted octanol–water partition coefficient (Wildman–Crippen LogP) is 2.80. The molecule has 0 heterocycles. The summed E-state index contributed by atoms with van der Waals surface area (Å²) in [5.41, 5.74) is 10.7. The number of benzene rings is 1. The largest absolute Gasteiger partial charge is 0.294 e. The lowest BCUT2D eigenvalue weighted by molar-refractivity contribution is 0.100. The van der Waals surface area contributed by atoms with Crippen LogP contribution in [0.3, 0.4) is 0 Å². The topological polar surface area (TPSA) is 65.8 Å². The zero-order chi connectivity index (χ0) is 10.6. The van der Waals surface area contributed by atoms with Crippen molar-refractivity contribution < 1.29 is 4.79 Å². The number of carbonyl (C=O) groups is 1. The van der Waals surface area contributed by atoms with E-state index in [0.717, 1.165) is 11.1 Å². The van der Waals surface area contributed by atoms with Gasteiger partial charge >= 0.3 is 0 Å². The minimum Gasteiger partial charge on any atom is -0.294 e. The molecular formula is C10H11N3O. The number of hydrogen-bond acceptors (Lipinski definition) is 2. The summed E-state index contributed by atoms with van der Waals surface area (Å²) in [4.78, 5) is 14.1. The fourth-order valence-electron chi connectivity index (χ4n) is 1.22. The molecular weight excluding hydrogens is 178 g/mol. The Hall–Kier alpha value is -1.80. The highest BCUT2D eigenvalue weighted by Gasteiger charge is 2.07. The highest BCUT2D eigenvalue weighted by atomic mass is 16.1. The van der Waals surface area contributed by atoms with Gasteiger partial charge in [-0.3, -0.25) is 4.79 Å². The number of rotatable bonds is 3. The highest BCUT2D eigenvalue weighted by Crippen LogP contribution is 2.11. The average Bonchev–Trinajstić information content (AvgIpc) is 2.18. The Morgan fingerprint density at radius 3 is 2.86 bits per heavy atom. The van der Waals surface area contributed by atoms with Crippen LogP contribution in [0.1, 0.15) is 21.5 Å². The number of hydrogen-bond donors (Lipinski definition) is 0. The molecule has 1 aromatic rings. The first-order valence-corrected chi connectivity index (χ1v) is 4.26. The molecule has 0 bridgehead atoms. The molecule has 0 aliphatic carbocycles. The second-order valence-corrected chi connectivity index (χ2v) is 3.13. The predicted molar refractivity (Wildman–Crippen MR) is 54.3 cm³/mol. The van der Waals surface area contributed by atoms with E-state index < -0.39 is 0 Å². The van der Waals surface area contributed by atoms with Crippen LogP contribution in [0.5, 0.6) is 0 Å². The van der Waals surface area contributed by atoms with Gasteiger partial charge in [-0.2, -0.15) is 0 Å². The van der Waals surface area contributed by atoms with Crippen LogP contribution >= 0.6 is 0 Å². The third kappa shape index (κ3) is 2.34. The number of nitrogens with zero attached hydrogens (tertiary/aromatic N) is 3. The summed E-state index contributed by atoms with van der Waals surface area (Å²) in [6.45, 7) is 3.67. The number of aryl methyl sites for hydroxylation is 2. The molecule has 0 N–H and O–H groups in total. The lowest BCUT2D eigenvalue weighted by atomic mass is 10.0. The van der Waals surface area contributed by atoms with Gasteiger partial charge in [-0.25, -0.2) is 0 Å². The van der Waals surface area contributed by atoms with Gasteiger partial charge in [0.25, 0.3) is 0 Å². The van der Waals surface area contributed by atoms with Crippen molar-refractivity contribution in [3.63, 3.8) is 0 Å². The Labute approximate surface area is 82.2 Å². The van der Waals surface area contributed by atoms with Gasteiger partial charge in [-0.15, -0.1) is 0 Å². The van der Waals surface area contributed by atoms with Crippen LogP contribution in [-0.4, -0.2) is 12.3 Å². The summed E-state index contributed by atoms with van der Waals surface area (Å²) in [5, 5.41) is 3.25. The summed E-state index contributed by atoms with van der Waals surface area (Å²) in [6.07, 6.45) is 0. The van der Waals surface area contributed by atoms with Gasteiger partial charge in [0.1, 0.15) is 0 Å². The first kappa shape index (κ1) is 10.3. The quantitative estimate of drug-likeness (QED) is 0.312. The second kappa shape index (κ2) is 4.44. The monoisotopic (exact) mass is 189 g/mol. The molecule has 0 fully saturated rings. The van der Waals surface area contributed by atoms with Crippen LogP contribution in [0.2, 0.25) is 0 Å². The molecule has 4 nitrogen and oxygen atoms in total. The van der Waals surface area contributed by atoms with E-state index in [9.17, 15) is 4.79 Å². The van der Waals surface area contributed by atoms with Crippen LogP contribution in [-0.2, 0) is 0 Å². The van der Waals surface area contributed by atoms with Crippen LogP contribution < -0.4 is 0 Å². The molecule has 1 rings (SSSR count). The maximum Gasteiger partial charge on any atom is 0.168 e. The molecule has 0 atom stereocenters. The summed E-state index contributed by atoms with van der Waals surface area (Å²) in [6, 6.07) is 5.64. The normalized spacial score (nSPS) is 9.29. The Bertz CT molecular complexity index is 406. The lowest BCUT2D eigenvalue weighted by Gasteiger charge is -2.03. The minimum atomic E-state index is -0.135. The van der Waals surface area contributed by atoms with E-state index in [2.05, 4.69) is 10.0 Å². The SMILES string of the molecule is Cc1ccc(C)c(C(=O)CN=[N+]=[N-])c1. The van der Waals surface area contributed by atoms with Crippen molar-refractivity contribution in [1.82, 2.24) is 0 Å². The summed E-state index contributed by atoms with van der Waals surface area (Å²) < 4.78 is 0. The molecule has 0 aromatic heterocycles. The fraction of sp³-hybridized carbons (Fsp3) is 0.300. The molecule has 4 heteroatoms. The summed E-state index contributed by atoms with van der Waals surface area (Å²) >= 11 is 0. The van der Waals surface area contributed by atoms with Gasteiger partial charge in [0.2, 0.25) is 0 Å². The molecule has 14 heavy (non-hydrogen) atoms. The van der Waals surface area contributed by atoms with Crippen LogP contribution in [0.25, 0.3) is 10.4 Å². The van der Waals surface area contributed by atoms with Crippen molar-refractivity contribution in [1.29, 1.82) is 0 Å². The van der Waals surface area contributed by atoms with Gasteiger partial charge in [0.05, 0.1) is 6.54 Å². The molecule has 0 saturated carbocycles. The van der Waals surface area contributed by atoms with Crippen molar-refractivity contribution in [2.24, 2.45) is 5.11 Å². The standard InChI is InChI=1S/C10H11N3O/c1-7-3-4-8(2)9(5-7)10(14)6-12-13-11/h3-5H,6H2,1-2H3. The van der Waals surface area contributed by atoms with Crippen molar-refractivity contribution >= 4 is 5.78 Å². The molecule has 0 unspecified atom stereocenters. The van der Waals surface area contributed by atoms with Crippen LogP contribution in [0.4, 0.5) is 0 Å². The lowest BCUT2D eigenvalue weighted by Crippen LogP contribution is -2.05. The Morgan fingerprint density at radius 2 is 2.21 bits per heavy atom. The zero-order valence-electron chi connectivity index (χ0n) is 8.19. The number of ketones is 1. The first-order chi connectivity index (χ1) is 6.65. The Balaban J connectivity index is 2.99. The van der Waals surface area contributed by atoms with E-state index in [-0.39, 0.29) is 12.3 Å². The van der Waals surface area contributed by atoms with E-state index in [1.165, 1.54) is 0 Å². The molecule has 0 aliphatic rings. The van der Waals surface area contributed by atoms with E-state index in [1.54, 1.807) is 0 Å². The fourth-order valence-corrected chi connectivity index (χ4v) is 1.22. The smallest absolute Gasteiger partial charge is 0.168 e. The molecule has 72 valence electrons. The van der Waals surface area contributed by atoms with Gasteiger partial charge in [0, 0.05) is 10.5 Å². The van der Waals surface area contributed by atoms with E-state index in [0.29, 0.717) is 5.56 Å².